The van der Waals surface area contributed by atoms with E-state index in [4.69, 9.17) is 9.47 Å². The Hall–Kier alpha value is -2.63. The number of hydrogen-bond acceptors (Lipinski definition) is 4. The molecule has 0 radical (unpaired) electrons. The Morgan fingerprint density at radius 3 is 2.50 bits per heavy atom. The van der Waals surface area contributed by atoms with Gasteiger partial charge in [0.05, 0.1) is 24.3 Å². The fourth-order valence-electron chi connectivity index (χ4n) is 3.68. The van der Waals surface area contributed by atoms with Gasteiger partial charge in [0.2, 0.25) is 5.78 Å². The van der Waals surface area contributed by atoms with Crippen LogP contribution in [-0.2, 0) is 11.3 Å². The molecule has 4 rings (SSSR count). The van der Waals surface area contributed by atoms with Gasteiger partial charge in [0.25, 0.3) is 0 Å². The van der Waals surface area contributed by atoms with Crippen molar-refractivity contribution in [2.45, 2.75) is 26.3 Å². The van der Waals surface area contributed by atoms with Gasteiger partial charge in [-0.25, -0.2) is 0 Å². The number of aromatic hydroxyl groups is 1. The van der Waals surface area contributed by atoms with Crippen molar-refractivity contribution in [2.24, 2.45) is 0 Å². The Kier molecular flexibility index (Phi) is 5.20. The van der Waals surface area contributed by atoms with E-state index in [1.807, 2.05) is 12.1 Å². The highest BCUT2D eigenvalue weighted by Gasteiger charge is 2.32. The summed E-state index contributed by atoms with van der Waals surface area (Å²) >= 11 is 0. The lowest BCUT2D eigenvalue weighted by Gasteiger charge is -2.24. The fourth-order valence-corrected chi connectivity index (χ4v) is 3.68. The first kappa shape index (κ1) is 18.7. The minimum absolute atomic E-state index is 0.138. The predicted molar refractivity (Wildman–Crippen MR) is 107 cm³/mol. The molecule has 5 nitrogen and oxygen atoms in total. The third-order valence-corrected chi connectivity index (χ3v) is 5.44. The lowest BCUT2D eigenvalue weighted by Crippen LogP contribution is -3.12. The zero-order chi connectivity index (χ0) is 19.7. The third-order valence-electron chi connectivity index (χ3n) is 5.44. The highest BCUT2D eigenvalue weighted by Crippen LogP contribution is 2.39. The maximum Gasteiger partial charge on any atom is 0.231 e. The van der Waals surface area contributed by atoms with E-state index in [0.29, 0.717) is 48.3 Å². The van der Waals surface area contributed by atoms with Crippen LogP contribution in [0.2, 0.25) is 0 Å². The van der Waals surface area contributed by atoms with Gasteiger partial charge in [-0.05, 0) is 35.3 Å². The van der Waals surface area contributed by atoms with Crippen molar-refractivity contribution in [1.29, 1.82) is 0 Å². The van der Waals surface area contributed by atoms with Gasteiger partial charge in [-0.1, -0.05) is 38.1 Å². The Balaban J connectivity index is 1.61. The number of allylic oxidation sites excluding steroid dienone is 1. The van der Waals surface area contributed by atoms with E-state index >= 15 is 0 Å². The summed E-state index contributed by atoms with van der Waals surface area (Å²) in [6.45, 7) is 8.09. The molecule has 2 aliphatic heterocycles. The smallest absolute Gasteiger partial charge is 0.231 e. The van der Waals surface area contributed by atoms with Gasteiger partial charge in [-0.15, -0.1) is 0 Å². The van der Waals surface area contributed by atoms with Crippen molar-refractivity contribution in [3.63, 3.8) is 0 Å². The zero-order valence-corrected chi connectivity index (χ0v) is 16.3. The van der Waals surface area contributed by atoms with Gasteiger partial charge >= 0.3 is 0 Å². The monoisotopic (exact) mass is 380 g/mol. The van der Waals surface area contributed by atoms with E-state index in [1.54, 1.807) is 18.2 Å². The summed E-state index contributed by atoms with van der Waals surface area (Å²) in [6.07, 6.45) is 1.77. The van der Waals surface area contributed by atoms with Crippen LogP contribution >= 0.6 is 0 Å². The van der Waals surface area contributed by atoms with E-state index in [-0.39, 0.29) is 11.5 Å². The van der Waals surface area contributed by atoms with Crippen molar-refractivity contribution in [3.8, 4) is 11.5 Å². The number of ether oxygens (including phenoxy) is 2. The van der Waals surface area contributed by atoms with Crippen molar-refractivity contribution in [2.75, 3.05) is 26.3 Å². The number of Topliss-reactive ketones (excluding diaryl/α,β-unsaturated/α-hetero) is 1. The topological polar surface area (TPSA) is 60.2 Å². The summed E-state index contributed by atoms with van der Waals surface area (Å²) in [5.74, 6) is 1.29. The van der Waals surface area contributed by atoms with E-state index in [0.717, 1.165) is 18.7 Å². The first-order valence-electron chi connectivity index (χ1n) is 9.83. The molecule has 2 aromatic carbocycles. The molecule has 28 heavy (non-hydrogen) atoms. The van der Waals surface area contributed by atoms with Crippen LogP contribution in [-0.4, -0.2) is 37.2 Å². The molecule has 0 amide bonds. The summed E-state index contributed by atoms with van der Waals surface area (Å²) in [5.41, 5.74) is 3.39. The SMILES string of the molecule is CC(C)c1ccc(/C=C2\Oc3c(ccc(O)c3C[NH+]3CCOCC3)C2=O)cc1. The highest BCUT2D eigenvalue weighted by atomic mass is 16.5. The minimum Gasteiger partial charge on any atom is -0.507 e. The number of carbonyl (C=O) groups excluding carboxylic acids is 1. The zero-order valence-electron chi connectivity index (χ0n) is 16.3. The molecule has 0 aromatic heterocycles. The lowest BCUT2D eigenvalue weighted by atomic mass is 10.0. The molecule has 1 saturated heterocycles. The van der Waals surface area contributed by atoms with Gasteiger partial charge < -0.3 is 19.5 Å². The van der Waals surface area contributed by atoms with Crippen molar-refractivity contribution < 1.29 is 24.3 Å². The van der Waals surface area contributed by atoms with Gasteiger partial charge in [0, 0.05) is 0 Å². The average Bonchev–Trinajstić information content (AvgIpc) is 3.01. The number of carbonyl (C=O) groups is 1. The molecular formula is C23H26NO4+. The average molecular weight is 380 g/mol. The van der Waals surface area contributed by atoms with E-state index in [9.17, 15) is 9.90 Å². The van der Waals surface area contributed by atoms with Crippen LogP contribution in [0.1, 0.15) is 46.8 Å². The number of ketones is 1. The molecular weight excluding hydrogens is 354 g/mol. The summed E-state index contributed by atoms with van der Waals surface area (Å²) in [6, 6.07) is 11.4. The normalized spacial score (nSPS) is 18.5. The first-order valence-corrected chi connectivity index (χ1v) is 9.83. The third kappa shape index (κ3) is 3.68. The quantitative estimate of drug-likeness (QED) is 0.801. The minimum atomic E-state index is -0.138. The molecule has 0 bridgehead atoms. The molecule has 0 atom stereocenters. The van der Waals surface area contributed by atoms with Crippen LogP contribution in [0.15, 0.2) is 42.2 Å². The number of rotatable bonds is 4. The Morgan fingerprint density at radius 2 is 1.82 bits per heavy atom. The van der Waals surface area contributed by atoms with Gasteiger partial charge in [-0.2, -0.15) is 0 Å². The van der Waals surface area contributed by atoms with E-state index in [2.05, 4.69) is 26.0 Å². The summed E-state index contributed by atoms with van der Waals surface area (Å²) in [7, 11) is 0. The van der Waals surface area contributed by atoms with Gasteiger partial charge in [0.1, 0.15) is 25.4 Å². The van der Waals surface area contributed by atoms with Crippen LogP contribution in [0, 0.1) is 0 Å². The molecule has 0 aliphatic carbocycles. The second-order valence-electron chi connectivity index (χ2n) is 7.74. The van der Waals surface area contributed by atoms with E-state index in [1.165, 1.54) is 10.5 Å². The van der Waals surface area contributed by atoms with Crippen LogP contribution in [0.3, 0.4) is 0 Å². The fraction of sp³-hybridized carbons (Fsp3) is 0.348. The summed E-state index contributed by atoms with van der Waals surface area (Å²) < 4.78 is 11.4. The molecule has 146 valence electrons. The van der Waals surface area contributed by atoms with Crippen molar-refractivity contribution >= 4 is 11.9 Å². The molecule has 1 fully saturated rings. The Labute approximate surface area is 165 Å². The maximum absolute atomic E-state index is 12.8. The molecule has 2 aromatic rings. The number of phenolic OH excluding ortho intramolecular Hbond substituents is 1. The summed E-state index contributed by atoms with van der Waals surface area (Å²) in [5, 5.41) is 10.4. The highest BCUT2D eigenvalue weighted by molar-refractivity contribution is 6.14. The number of quaternary nitrogens is 1. The number of fused-ring (bicyclic) bond motifs is 1. The van der Waals surface area contributed by atoms with Crippen LogP contribution in [0.5, 0.6) is 11.5 Å². The Morgan fingerprint density at radius 1 is 1.11 bits per heavy atom. The summed E-state index contributed by atoms with van der Waals surface area (Å²) in [4.78, 5) is 14.1. The van der Waals surface area contributed by atoms with Crippen LogP contribution < -0.4 is 9.64 Å². The van der Waals surface area contributed by atoms with Crippen LogP contribution in [0.4, 0.5) is 0 Å². The molecule has 2 heterocycles. The predicted octanol–water partition coefficient (Wildman–Crippen LogP) is 2.55. The molecule has 0 unspecified atom stereocenters. The number of benzene rings is 2. The maximum atomic E-state index is 12.8. The van der Waals surface area contributed by atoms with Gasteiger partial charge in [-0.3, -0.25) is 4.79 Å². The van der Waals surface area contributed by atoms with Crippen molar-refractivity contribution in [3.05, 3.63) is 64.4 Å². The largest absolute Gasteiger partial charge is 0.507 e. The first-order chi connectivity index (χ1) is 13.5. The lowest BCUT2D eigenvalue weighted by molar-refractivity contribution is -0.921. The molecule has 5 heteroatoms. The molecule has 2 aliphatic rings. The number of hydrogen-bond donors (Lipinski definition) is 2. The molecule has 0 saturated carbocycles. The van der Waals surface area contributed by atoms with E-state index < -0.39 is 0 Å². The Bertz CT molecular complexity index is 909. The molecule has 2 N–H and O–H groups in total. The number of morpholine rings is 1. The second kappa shape index (κ2) is 7.78. The number of phenols is 1. The second-order valence-corrected chi connectivity index (χ2v) is 7.74. The van der Waals surface area contributed by atoms with Crippen LogP contribution in [0.25, 0.3) is 6.08 Å². The number of nitrogens with one attached hydrogen (secondary N) is 1. The van der Waals surface area contributed by atoms with Crippen molar-refractivity contribution in [1.82, 2.24) is 0 Å². The standard InChI is InChI=1S/C23H25NO4/c1-15(2)17-5-3-16(4-6-17)13-21-22(26)18-7-8-20(25)19(23(18)28-21)14-24-9-11-27-12-10-24/h3-8,13,15,25H,9-12,14H2,1-2H3/p+1/b21-13-. The van der Waals surface area contributed by atoms with Gasteiger partial charge in [0.15, 0.2) is 11.5 Å². The molecule has 0 spiro atoms.